The molecule has 5 rings (SSSR count). The standard InChI is InChI=1S/C30H43N3O5/c1-5-37-25-17-33(26-24(34)18-38-27(25)26)29(36)23(16-30(2,3)4)31-28(35)21-8-6-19(7-9-21)20-12-14-32(15-13-20)22-10-11-22/h6-9,20,22-23,25-27H,5,10-18H2,1-4H3,(H,31,35)/t23?,25?,26-,27-/m1/s1. The van der Waals surface area contributed by atoms with Crippen LogP contribution in [0.15, 0.2) is 24.3 Å². The summed E-state index contributed by atoms with van der Waals surface area (Å²) in [5.41, 5.74) is 1.62. The first-order valence-corrected chi connectivity index (χ1v) is 14.4. The number of piperidine rings is 1. The first-order chi connectivity index (χ1) is 18.1. The summed E-state index contributed by atoms with van der Waals surface area (Å²) in [5.74, 6) is -0.0907. The van der Waals surface area contributed by atoms with Gasteiger partial charge in [0.1, 0.15) is 30.9 Å². The van der Waals surface area contributed by atoms with E-state index in [1.807, 2.05) is 39.8 Å². The minimum atomic E-state index is -0.747. The second-order valence-electron chi connectivity index (χ2n) is 12.6. The molecule has 4 aliphatic rings. The topological polar surface area (TPSA) is 88.2 Å². The monoisotopic (exact) mass is 525 g/mol. The number of likely N-dealkylation sites (tertiary alicyclic amines) is 2. The fourth-order valence-electron chi connectivity index (χ4n) is 6.40. The second kappa shape index (κ2) is 11.1. The van der Waals surface area contributed by atoms with E-state index in [9.17, 15) is 14.4 Å². The molecule has 2 unspecified atom stereocenters. The Morgan fingerprint density at radius 2 is 1.79 bits per heavy atom. The van der Waals surface area contributed by atoms with Crippen LogP contribution < -0.4 is 5.32 Å². The Morgan fingerprint density at radius 1 is 1.11 bits per heavy atom. The third-order valence-corrected chi connectivity index (χ3v) is 8.46. The van der Waals surface area contributed by atoms with Crippen molar-refractivity contribution in [3.05, 3.63) is 35.4 Å². The number of amides is 2. The average molecular weight is 526 g/mol. The van der Waals surface area contributed by atoms with E-state index in [0.717, 1.165) is 32.0 Å². The number of ketones is 1. The van der Waals surface area contributed by atoms with Gasteiger partial charge in [-0.1, -0.05) is 32.9 Å². The molecule has 0 radical (unpaired) electrons. The quantitative estimate of drug-likeness (QED) is 0.561. The average Bonchev–Trinajstić information content (AvgIpc) is 3.58. The minimum Gasteiger partial charge on any atom is -0.374 e. The highest BCUT2D eigenvalue weighted by Gasteiger charge is 2.53. The zero-order valence-corrected chi connectivity index (χ0v) is 23.3. The van der Waals surface area contributed by atoms with Gasteiger partial charge in [0.2, 0.25) is 5.91 Å². The molecule has 1 aromatic carbocycles. The smallest absolute Gasteiger partial charge is 0.251 e. The summed E-state index contributed by atoms with van der Waals surface area (Å²) in [7, 11) is 0. The molecule has 3 saturated heterocycles. The molecule has 1 aromatic rings. The number of hydrogen-bond acceptors (Lipinski definition) is 6. The van der Waals surface area contributed by atoms with Gasteiger partial charge in [0.25, 0.3) is 5.91 Å². The van der Waals surface area contributed by atoms with Crippen LogP contribution in [0.4, 0.5) is 0 Å². The van der Waals surface area contributed by atoms with Gasteiger partial charge >= 0.3 is 0 Å². The third-order valence-electron chi connectivity index (χ3n) is 8.46. The Balaban J connectivity index is 1.26. The molecule has 4 atom stereocenters. The van der Waals surface area contributed by atoms with E-state index in [4.69, 9.17) is 9.47 Å². The van der Waals surface area contributed by atoms with Crippen LogP contribution in [0.5, 0.6) is 0 Å². The number of nitrogens with one attached hydrogen (secondary N) is 1. The molecule has 8 heteroatoms. The molecule has 0 bridgehead atoms. The Bertz CT molecular complexity index is 1020. The fourth-order valence-corrected chi connectivity index (χ4v) is 6.40. The van der Waals surface area contributed by atoms with Crippen molar-refractivity contribution in [2.75, 3.05) is 32.8 Å². The molecule has 0 spiro atoms. The number of carbonyl (C=O) groups is 3. The van der Waals surface area contributed by atoms with Crippen LogP contribution >= 0.6 is 0 Å². The van der Waals surface area contributed by atoms with Crippen LogP contribution in [0.25, 0.3) is 0 Å². The van der Waals surface area contributed by atoms with Gasteiger partial charge in [-0.25, -0.2) is 0 Å². The summed E-state index contributed by atoms with van der Waals surface area (Å²) in [6.07, 6.45) is 4.70. The number of hydrogen-bond donors (Lipinski definition) is 1. The molecule has 2 amide bonds. The minimum absolute atomic E-state index is 0.00899. The number of nitrogens with zero attached hydrogens (tertiary/aromatic N) is 2. The molecule has 4 fully saturated rings. The largest absolute Gasteiger partial charge is 0.374 e. The Labute approximate surface area is 226 Å². The molecule has 8 nitrogen and oxygen atoms in total. The van der Waals surface area contributed by atoms with Crippen LogP contribution in [-0.4, -0.2) is 90.6 Å². The molecule has 208 valence electrons. The van der Waals surface area contributed by atoms with Crippen molar-refractivity contribution >= 4 is 17.6 Å². The van der Waals surface area contributed by atoms with E-state index >= 15 is 0 Å². The van der Waals surface area contributed by atoms with Gasteiger partial charge in [-0.3, -0.25) is 14.4 Å². The summed E-state index contributed by atoms with van der Waals surface area (Å²) in [4.78, 5) is 44.0. The molecule has 38 heavy (non-hydrogen) atoms. The van der Waals surface area contributed by atoms with Gasteiger partial charge in [0, 0.05) is 18.2 Å². The number of Topliss-reactive ketones (excluding diaryl/α,β-unsaturated/α-hetero) is 1. The van der Waals surface area contributed by atoms with Crippen molar-refractivity contribution in [3.8, 4) is 0 Å². The third kappa shape index (κ3) is 5.97. The molecule has 0 aromatic heterocycles. The molecule has 1 N–H and O–H groups in total. The van der Waals surface area contributed by atoms with Gasteiger partial charge in [0.05, 0.1) is 6.54 Å². The molecular formula is C30H43N3O5. The van der Waals surface area contributed by atoms with Gasteiger partial charge in [-0.05, 0) is 81.1 Å². The number of fused-ring (bicyclic) bond motifs is 1. The van der Waals surface area contributed by atoms with E-state index in [2.05, 4.69) is 22.3 Å². The van der Waals surface area contributed by atoms with Gasteiger partial charge in [-0.2, -0.15) is 0 Å². The van der Waals surface area contributed by atoms with E-state index in [-0.39, 0.29) is 35.7 Å². The van der Waals surface area contributed by atoms with Crippen LogP contribution in [-0.2, 0) is 19.1 Å². The maximum Gasteiger partial charge on any atom is 0.251 e. The van der Waals surface area contributed by atoms with Gasteiger partial charge in [0.15, 0.2) is 5.78 Å². The lowest BCUT2D eigenvalue weighted by Gasteiger charge is -2.32. The fraction of sp³-hybridized carbons (Fsp3) is 0.700. The predicted molar refractivity (Wildman–Crippen MR) is 144 cm³/mol. The highest BCUT2D eigenvalue weighted by molar-refractivity contribution is 5.99. The highest BCUT2D eigenvalue weighted by Crippen LogP contribution is 2.35. The Morgan fingerprint density at radius 3 is 2.39 bits per heavy atom. The molecule has 3 aliphatic heterocycles. The first-order valence-electron chi connectivity index (χ1n) is 14.4. The van der Waals surface area contributed by atoms with Crippen molar-refractivity contribution in [3.63, 3.8) is 0 Å². The summed E-state index contributed by atoms with van der Waals surface area (Å²) >= 11 is 0. The Hall–Kier alpha value is -2.29. The predicted octanol–water partition coefficient (Wildman–Crippen LogP) is 3.15. The highest BCUT2D eigenvalue weighted by atomic mass is 16.6. The van der Waals surface area contributed by atoms with Crippen LogP contribution in [0, 0.1) is 5.41 Å². The van der Waals surface area contributed by atoms with Crippen molar-refractivity contribution in [1.29, 1.82) is 0 Å². The van der Waals surface area contributed by atoms with Crippen molar-refractivity contribution < 1.29 is 23.9 Å². The maximum absolute atomic E-state index is 13.8. The molecular weight excluding hydrogens is 482 g/mol. The van der Waals surface area contributed by atoms with E-state index in [0.29, 0.717) is 31.1 Å². The van der Waals surface area contributed by atoms with Gasteiger partial charge in [-0.15, -0.1) is 0 Å². The van der Waals surface area contributed by atoms with E-state index < -0.39 is 18.2 Å². The number of carbonyl (C=O) groups excluding carboxylic acids is 3. The maximum atomic E-state index is 13.8. The zero-order chi connectivity index (χ0) is 27.0. The number of rotatable bonds is 8. The summed E-state index contributed by atoms with van der Waals surface area (Å²) < 4.78 is 11.5. The summed E-state index contributed by atoms with van der Waals surface area (Å²) in [6.45, 7) is 11.1. The van der Waals surface area contributed by atoms with Crippen LogP contribution in [0.3, 0.4) is 0 Å². The first kappa shape index (κ1) is 27.3. The lowest BCUT2D eigenvalue weighted by Crippen LogP contribution is -2.53. The zero-order valence-electron chi connectivity index (χ0n) is 23.3. The SMILES string of the molecule is CCOC1CN(C(=O)C(CC(C)(C)C)NC(=O)c2ccc(C3CCN(C4CC4)CC3)cc2)[C@@H]2C(=O)CO[C@H]12. The molecule has 1 aliphatic carbocycles. The van der Waals surface area contributed by atoms with Crippen LogP contribution in [0.2, 0.25) is 0 Å². The van der Waals surface area contributed by atoms with E-state index in [1.54, 1.807) is 4.90 Å². The second-order valence-corrected chi connectivity index (χ2v) is 12.6. The number of ether oxygens (including phenoxy) is 2. The molecule has 3 heterocycles. The van der Waals surface area contributed by atoms with Crippen molar-refractivity contribution in [1.82, 2.24) is 15.1 Å². The normalized spacial score (nSPS) is 27.4. The Kier molecular flexibility index (Phi) is 7.94. The van der Waals surface area contributed by atoms with Crippen LogP contribution in [0.1, 0.15) is 81.6 Å². The summed E-state index contributed by atoms with van der Waals surface area (Å²) in [5, 5.41) is 3.00. The van der Waals surface area contributed by atoms with Crippen molar-refractivity contribution in [2.24, 2.45) is 5.41 Å². The van der Waals surface area contributed by atoms with Crippen molar-refractivity contribution in [2.45, 2.75) is 96.1 Å². The lowest BCUT2D eigenvalue weighted by molar-refractivity contribution is -0.139. The lowest BCUT2D eigenvalue weighted by atomic mass is 9.87. The van der Waals surface area contributed by atoms with Gasteiger partial charge < -0.3 is 24.6 Å². The summed E-state index contributed by atoms with van der Waals surface area (Å²) in [6, 6.07) is 7.32. The molecule has 1 saturated carbocycles. The number of benzene rings is 1. The van der Waals surface area contributed by atoms with E-state index in [1.165, 1.54) is 18.4 Å².